The number of benzene rings is 2. The molecule has 150 valence electrons. The van der Waals surface area contributed by atoms with E-state index in [2.05, 4.69) is 10.3 Å². The van der Waals surface area contributed by atoms with Gasteiger partial charge in [-0.2, -0.15) is 0 Å². The Labute approximate surface area is 169 Å². The van der Waals surface area contributed by atoms with Gasteiger partial charge in [-0.15, -0.1) is 0 Å². The number of fused-ring (bicyclic) bond motifs is 1. The SMILES string of the molecule is COc1ccc(S(=O)(=O)N(C)C)cc1NC(=O)C=Cc1cccc2cccnc12. The fraction of sp³-hybridized carbons (Fsp3) is 0.143. The number of nitrogens with zero attached hydrogens (tertiary/aromatic N) is 2. The molecule has 0 spiro atoms. The van der Waals surface area contributed by atoms with Crippen LogP contribution in [-0.2, 0) is 14.8 Å². The zero-order valence-electron chi connectivity index (χ0n) is 16.3. The van der Waals surface area contributed by atoms with E-state index in [4.69, 9.17) is 4.74 Å². The zero-order valence-corrected chi connectivity index (χ0v) is 17.1. The molecule has 0 fully saturated rings. The lowest BCUT2D eigenvalue weighted by Gasteiger charge is -2.14. The summed E-state index contributed by atoms with van der Waals surface area (Å²) in [5.74, 6) is -0.0630. The average molecular weight is 411 g/mol. The van der Waals surface area contributed by atoms with E-state index in [0.717, 1.165) is 20.8 Å². The number of hydrogen-bond donors (Lipinski definition) is 1. The Morgan fingerprint density at radius 2 is 1.90 bits per heavy atom. The first-order valence-corrected chi connectivity index (χ1v) is 10.2. The van der Waals surface area contributed by atoms with E-state index in [1.54, 1.807) is 12.3 Å². The van der Waals surface area contributed by atoms with Gasteiger partial charge in [-0.25, -0.2) is 12.7 Å². The van der Waals surface area contributed by atoms with Crippen molar-refractivity contribution in [3.63, 3.8) is 0 Å². The Morgan fingerprint density at radius 1 is 1.14 bits per heavy atom. The third-order valence-electron chi connectivity index (χ3n) is 4.29. The highest BCUT2D eigenvalue weighted by atomic mass is 32.2. The minimum Gasteiger partial charge on any atom is -0.495 e. The van der Waals surface area contributed by atoms with Crippen LogP contribution in [0.5, 0.6) is 5.75 Å². The van der Waals surface area contributed by atoms with Gasteiger partial charge in [-0.05, 0) is 30.3 Å². The summed E-state index contributed by atoms with van der Waals surface area (Å²) in [7, 11) is 0.694. The van der Waals surface area contributed by atoms with Crippen molar-refractivity contribution in [1.29, 1.82) is 0 Å². The smallest absolute Gasteiger partial charge is 0.248 e. The maximum absolute atomic E-state index is 12.5. The monoisotopic (exact) mass is 411 g/mol. The lowest BCUT2D eigenvalue weighted by molar-refractivity contribution is -0.111. The van der Waals surface area contributed by atoms with E-state index in [1.807, 2.05) is 30.3 Å². The first-order chi connectivity index (χ1) is 13.8. The van der Waals surface area contributed by atoms with Gasteiger partial charge in [0.1, 0.15) is 5.75 Å². The van der Waals surface area contributed by atoms with Crippen LogP contribution in [0.4, 0.5) is 5.69 Å². The fourth-order valence-corrected chi connectivity index (χ4v) is 3.69. The molecule has 7 nitrogen and oxygen atoms in total. The number of carbonyl (C=O) groups is 1. The predicted molar refractivity (Wildman–Crippen MR) is 113 cm³/mol. The lowest BCUT2D eigenvalue weighted by atomic mass is 10.1. The molecule has 1 amide bonds. The number of anilines is 1. The second-order valence-corrected chi connectivity index (χ2v) is 8.55. The maximum Gasteiger partial charge on any atom is 0.248 e. The highest BCUT2D eigenvalue weighted by Gasteiger charge is 2.19. The van der Waals surface area contributed by atoms with Crippen LogP contribution in [0.2, 0.25) is 0 Å². The predicted octanol–water partition coefficient (Wildman–Crippen LogP) is 3.15. The Kier molecular flexibility index (Phi) is 5.95. The molecule has 0 radical (unpaired) electrons. The number of ether oxygens (including phenoxy) is 1. The van der Waals surface area contributed by atoms with Gasteiger partial charge in [0.15, 0.2) is 0 Å². The van der Waals surface area contributed by atoms with Crippen molar-refractivity contribution >= 4 is 38.6 Å². The molecule has 0 aliphatic carbocycles. The van der Waals surface area contributed by atoms with Gasteiger partial charge >= 0.3 is 0 Å². The topological polar surface area (TPSA) is 88.6 Å². The molecular formula is C21H21N3O4S. The van der Waals surface area contributed by atoms with E-state index in [0.29, 0.717) is 5.75 Å². The Balaban J connectivity index is 1.87. The summed E-state index contributed by atoms with van der Waals surface area (Å²) in [6.45, 7) is 0. The Morgan fingerprint density at radius 3 is 2.62 bits per heavy atom. The average Bonchev–Trinajstić information content (AvgIpc) is 2.72. The molecule has 0 aliphatic heterocycles. The molecule has 3 aromatic rings. The third kappa shape index (κ3) is 4.44. The van der Waals surface area contributed by atoms with Gasteiger partial charge in [0, 0.05) is 37.3 Å². The second kappa shape index (κ2) is 8.42. The number of para-hydroxylation sites is 1. The second-order valence-electron chi connectivity index (χ2n) is 6.39. The number of carbonyl (C=O) groups excluding carboxylic acids is 1. The van der Waals surface area contributed by atoms with Crippen molar-refractivity contribution in [2.45, 2.75) is 4.90 Å². The van der Waals surface area contributed by atoms with Crippen LogP contribution in [0.1, 0.15) is 5.56 Å². The number of rotatable bonds is 6. The quantitative estimate of drug-likeness (QED) is 0.630. The van der Waals surface area contributed by atoms with Crippen molar-refractivity contribution in [3.8, 4) is 5.75 Å². The van der Waals surface area contributed by atoms with Crippen LogP contribution in [0, 0.1) is 0 Å². The molecule has 1 aromatic heterocycles. The normalized spacial score (nSPS) is 11.9. The molecule has 2 aromatic carbocycles. The summed E-state index contributed by atoms with van der Waals surface area (Å²) in [5.41, 5.74) is 1.85. The summed E-state index contributed by atoms with van der Waals surface area (Å²) in [6.07, 6.45) is 4.73. The highest BCUT2D eigenvalue weighted by Crippen LogP contribution is 2.28. The number of pyridine rings is 1. The van der Waals surface area contributed by atoms with Crippen LogP contribution < -0.4 is 10.1 Å². The fourth-order valence-electron chi connectivity index (χ4n) is 2.76. The van der Waals surface area contributed by atoms with Gasteiger partial charge in [0.05, 0.1) is 23.2 Å². The van der Waals surface area contributed by atoms with Crippen LogP contribution in [0.15, 0.2) is 65.7 Å². The standard InChI is InChI=1S/C21H21N3O4S/c1-24(2)29(26,27)17-10-11-19(28-3)18(14-17)23-20(25)12-9-16-7-4-6-15-8-5-13-22-21(15)16/h4-14H,1-3H3,(H,23,25). The van der Waals surface area contributed by atoms with E-state index in [-0.39, 0.29) is 10.6 Å². The van der Waals surface area contributed by atoms with Crippen molar-refractivity contribution in [2.24, 2.45) is 0 Å². The number of amides is 1. The van der Waals surface area contributed by atoms with Gasteiger partial charge in [-0.1, -0.05) is 24.3 Å². The van der Waals surface area contributed by atoms with Crippen LogP contribution in [0.3, 0.4) is 0 Å². The summed E-state index contributed by atoms with van der Waals surface area (Å²) in [4.78, 5) is 16.9. The minimum atomic E-state index is -3.64. The molecule has 0 atom stereocenters. The van der Waals surface area contributed by atoms with E-state index in [1.165, 1.54) is 45.5 Å². The maximum atomic E-state index is 12.5. The molecule has 0 saturated carbocycles. The first-order valence-electron chi connectivity index (χ1n) is 8.76. The molecule has 0 unspecified atom stereocenters. The number of sulfonamides is 1. The zero-order chi connectivity index (χ0) is 21.0. The number of hydrogen-bond acceptors (Lipinski definition) is 5. The largest absolute Gasteiger partial charge is 0.495 e. The van der Waals surface area contributed by atoms with E-state index in [9.17, 15) is 13.2 Å². The molecule has 3 rings (SSSR count). The molecule has 1 N–H and O–H groups in total. The lowest BCUT2D eigenvalue weighted by Crippen LogP contribution is -2.22. The van der Waals surface area contributed by atoms with E-state index >= 15 is 0 Å². The molecule has 8 heteroatoms. The van der Waals surface area contributed by atoms with Gasteiger partial charge in [0.25, 0.3) is 0 Å². The number of aromatic nitrogens is 1. The van der Waals surface area contributed by atoms with Crippen molar-refractivity contribution in [1.82, 2.24) is 9.29 Å². The Bertz CT molecular complexity index is 1180. The van der Waals surface area contributed by atoms with Gasteiger partial charge in [0.2, 0.25) is 15.9 Å². The van der Waals surface area contributed by atoms with Gasteiger partial charge < -0.3 is 10.1 Å². The van der Waals surface area contributed by atoms with Gasteiger partial charge in [-0.3, -0.25) is 9.78 Å². The van der Waals surface area contributed by atoms with Crippen molar-refractivity contribution < 1.29 is 17.9 Å². The summed E-state index contributed by atoms with van der Waals surface area (Å²) >= 11 is 0. The minimum absolute atomic E-state index is 0.0563. The van der Waals surface area contributed by atoms with E-state index < -0.39 is 15.9 Å². The first kappa shape index (κ1) is 20.5. The Hall–Kier alpha value is -3.23. The molecule has 0 bridgehead atoms. The summed E-state index contributed by atoms with van der Waals surface area (Å²) in [5, 5.41) is 3.65. The molecule has 0 saturated heterocycles. The number of nitrogens with one attached hydrogen (secondary N) is 1. The molecule has 29 heavy (non-hydrogen) atoms. The molecular weight excluding hydrogens is 390 g/mol. The van der Waals surface area contributed by atoms with Crippen molar-refractivity contribution in [2.75, 3.05) is 26.5 Å². The van der Waals surface area contributed by atoms with Crippen LogP contribution in [-0.4, -0.2) is 44.8 Å². The number of methoxy groups -OCH3 is 1. The molecule has 0 aliphatic rings. The molecule has 1 heterocycles. The van der Waals surface area contributed by atoms with Crippen LogP contribution >= 0.6 is 0 Å². The highest BCUT2D eigenvalue weighted by molar-refractivity contribution is 7.89. The third-order valence-corrected chi connectivity index (χ3v) is 6.10. The van der Waals surface area contributed by atoms with Crippen molar-refractivity contribution in [3.05, 3.63) is 66.4 Å². The van der Waals surface area contributed by atoms with Crippen LogP contribution in [0.25, 0.3) is 17.0 Å². The summed E-state index contributed by atoms with van der Waals surface area (Å²) < 4.78 is 31.1. The summed E-state index contributed by atoms with van der Waals surface area (Å²) in [6, 6.07) is 13.8.